The number of carbonyl (C=O) groups is 1. The molecule has 2 aromatic heterocycles. The van der Waals surface area contributed by atoms with Crippen LogP contribution in [0.5, 0.6) is 0 Å². The number of fused-ring (bicyclic) bond motifs is 3. The number of aryl methyl sites for hydroxylation is 1. The van der Waals surface area contributed by atoms with Crippen LogP contribution < -0.4 is 0 Å². The van der Waals surface area contributed by atoms with Gasteiger partial charge < -0.3 is 9.47 Å². The number of halogens is 1. The quantitative estimate of drug-likeness (QED) is 0.329. The van der Waals surface area contributed by atoms with Crippen LogP contribution in [0.3, 0.4) is 0 Å². The fourth-order valence-electron chi connectivity index (χ4n) is 3.74. The van der Waals surface area contributed by atoms with Crippen molar-refractivity contribution >= 4 is 27.8 Å². The van der Waals surface area contributed by atoms with Crippen molar-refractivity contribution in [3.63, 3.8) is 0 Å². The molecular weight excluding hydrogens is 472 g/mol. The zero-order chi connectivity index (χ0) is 22.7. The fraction of sp³-hybridized carbons (Fsp3) is 0.333. The third-order valence-electron chi connectivity index (χ3n) is 5.08. The van der Waals surface area contributed by atoms with Crippen molar-refractivity contribution in [2.24, 2.45) is 4.99 Å². The molecule has 0 N–H and O–H groups in total. The highest BCUT2D eigenvalue weighted by molar-refractivity contribution is 9.10. The van der Waals surface area contributed by atoms with E-state index in [1.165, 1.54) is 0 Å². The molecule has 4 rings (SSSR count). The lowest BCUT2D eigenvalue weighted by Gasteiger charge is -2.14. The minimum atomic E-state index is -0.645. The van der Waals surface area contributed by atoms with Crippen molar-refractivity contribution in [1.82, 2.24) is 14.5 Å². The Morgan fingerprint density at radius 2 is 2.06 bits per heavy atom. The van der Waals surface area contributed by atoms with E-state index in [9.17, 15) is 4.79 Å². The molecule has 0 radical (unpaired) electrons. The maximum absolute atomic E-state index is 11.7. The number of nitrogens with zero attached hydrogens (tertiary/aromatic N) is 4. The molecule has 1 aliphatic heterocycles. The Morgan fingerprint density at radius 1 is 1.22 bits per heavy atom. The van der Waals surface area contributed by atoms with Gasteiger partial charge >= 0.3 is 6.16 Å². The summed E-state index contributed by atoms with van der Waals surface area (Å²) in [7, 11) is 0. The number of hydrogen-bond donors (Lipinski definition) is 0. The lowest BCUT2D eigenvalue weighted by atomic mass is 10.0. The topological polar surface area (TPSA) is 78.6 Å². The first kappa shape index (κ1) is 22.2. The molecule has 0 saturated heterocycles. The normalized spacial score (nSPS) is 14.9. The van der Waals surface area contributed by atoms with Gasteiger partial charge in [-0.2, -0.15) is 0 Å². The minimum absolute atomic E-state index is 0.205. The summed E-state index contributed by atoms with van der Waals surface area (Å²) in [6.07, 6.45) is 4.08. The molecular formula is C24H25BrN4O3. The average Bonchev–Trinajstić information content (AvgIpc) is 3.08. The van der Waals surface area contributed by atoms with E-state index in [0.29, 0.717) is 12.8 Å². The van der Waals surface area contributed by atoms with E-state index in [1.54, 1.807) is 20.0 Å². The molecule has 0 aliphatic carbocycles. The highest BCUT2D eigenvalue weighted by atomic mass is 79.9. The first-order valence-electron chi connectivity index (χ1n) is 10.6. The zero-order valence-corrected chi connectivity index (χ0v) is 19.9. The van der Waals surface area contributed by atoms with Crippen LogP contribution in [0.15, 0.2) is 58.3 Å². The molecule has 3 aromatic rings. The summed E-state index contributed by atoms with van der Waals surface area (Å²) in [6.45, 7) is 5.88. The summed E-state index contributed by atoms with van der Waals surface area (Å²) >= 11 is 3.60. The number of aliphatic imine (C=N–C) groups is 1. The molecule has 0 spiro atoms. The maximum Gasteiger partial charge on any atom is 0.508 e. The van der Waals surface area contributed by atoms with Gasteiger partial charge in [-0.15, -0.1) is 0 Å². The summed E-state index contributed by atoms with van der Waals surface area (Å²) in [5.41, 5.74) is 4.65. The number of hydrogen-bond acceptors (Lipinski definition) is 6. The summed E-state index contributed by atoms with van der Waals surface area (Å²) < 4.78 is 13.4. The summed E-state index contributed by atoms with van der Waals surface area (Å²) in [5, 5.41) is 0. The van der Waals surface area contributed by atoms with Crippen LogP contribution in [-0.2, 0) is 9.47 Å². The predicted molar refractivity (Wildman–Crippen MR) is 125 cm³/mol. The van der Waals surface area contributed by atoms with Crippen molar-refractivity contribution in [3.8, 4) is 5.69 Å². The van der Waals surface area contributed by atoms with E-state index in [1.807, 2.05) is 37.4 Å². The van der Waals surface area contributed by atoms with Gasteiger partial charge in [0.15, 0.2) is 0 Å². The van der Waals surface area contributed by atoms with Gasteiger partial charge in [-0.3, -0.25) is 14.5 Å². The largest absolute Gasteiger partial charge is 0.508 e. The molecule has 1 aromatic carbocycles. The number of rotatable bonds is 6. The van der Waals surface area contributed by atoms with Gasteiger partial charge in [0, 0.05) is 28.1 Å². The van der Waals surface area contributed by atoms with Gasteiger partial charge in [-0.25, -0.2) is 9.78 Å². The number of benzene rings is 1. The number of ether oxygens (including phenoxy) is 2. The Kier molecular flexibility index (Phi) is 6.69. The molecule has 0 amide bonds. The summed E-state index contributed by atoms with van der Waals surface area (Å²) in [5.74, 6) is 0.863. The van der Waals surface area contributed by atoms with Gasteiger partial charge in [-0.05, 0) is 63.9 Å². The van der Waals surface area contributed by atoms with E-state index < -0.39 is 6.16 Å². The van der Waals surface area contributed by atoms with Crippen LogP contribution in [0.4, 0.5) is 4.79 Å². The van der Waals surface area contributed by atoms with Crippen molar-refractivity contribution < 1.29 is 14.3 Å². The Balaban J connectivity index is 1.68. The van der Waals surface area contributed by atoms with Crippen molar-refractivity contribution in [1.29, 1.82) is 0 Å². The number of pyridine rings is 1. The van der Waals surface area contributed by atoms with Crippen molar-refractivity contribution in [3.05, 3.63) is 76.0 Å². The van der Waals surface area contributed by atoms with Crippen LogP contribution in [0.25, 0.3) is 5.69 Å². The molecule has 0 bridgehead atoms. The molecule has 3 heterocycles. The summed E-state index contributed by atoms with van der Waals surface area (Å²) in [6, 6.07) is 11.8. The monoisotopic (exact) mass is 496 g/mol. The van der Waals surface area contributed by atoms with Gasteiger partial charge in [0.1, 0.15) is 11.9 Å². The highest BCUT2D eigenvalue weighted by Gasteiger charge is 2.27. The van der Waals surface area contributed by atoms with E-state index in [4.69, 9.17) is 19.5 Å². The highest BCUT2D eigenvalue weighted by Crippen LogP contribution is 2.34. The Labute approximate surface area is 195 Å². The van der Waals surface area contributed by atoms with Gasteiger partial charge in [0.2, 0.25) is 0 Å². The van der Waals surface area contributed by atoms with Crippen LogP contribution >= 0.6 is 15.9 Å². The first-order chi connectivity index (χ1) is 15.4. The van der Waals surface area contributed by atoms with Crippen LogP contribution in [0.2, 0.25) is 0 Å². The molecule has 7 nitrogen and oxygen atoms in total. The SMILES string of the molecule is Cc1cnc2n1-c1ccc(Br)cc1C(c1ccccn1)=N[C@H]2CCCOC(=O)OC(C)C. The summed E-state index contributed by atoms with van der Waals surface area (Å²) in [4.78, 5) is 26.1. The Hall–Kier alpha value is -3.00. The van der Waals surface area contributed by atoms with Crippen molar-refractivity contribution in [2.45, 2.75) is 45.8 Å². The second-order valence-electron chi connectivity index (χ2n) is 7.87. The first-order valence-corrected chi connectivity index (χ1v) is 11.4. The third-order valence-corrected chi connectivity index (χ3v) is 5.58. The standard InChI is InChI=1S/C24H25BrN4O3/c1-15(2)32-24(30)31-12-6-8-20-23-27-14-16(3)29(23)21-10-9-17(25)13-18(21)22(28-20)19-7-4-5-11-26-19/h4-5,7,9-11,13-15,20H,6,8,12H2,1-3H3/t20-/m0/s1. The third kappa shape index (κ3) is 4.75. The van der Waals surface area contributed by atoms with Gasteiger partial charge in [0.05, 0.1) is 29.8 Å². The molecule has 0 fully saturated rings. The van der Waals surface area contributed by atoms with Crippen molar-refractivity contribution in [2.75, 3.05) is 6.61 Å². The Bertz CT molecular complexity index is 1140. The fourth-order valence-corrected chi connectivity index (χ4v) is 4.10. The average molecular weight is 497 g/mol. The number of aromatic nitrogens is 3. The molecule has 166 valence electrons. The van der Waals surface area contributed by atoms with E-state index in [2.05, 4.69) is 37.6 Å². The molecule has 0 saturated carbocycles. The van der Waals surface area contributed by atoms with E-state index >= 15 is 0 Å². The van der Waals surface area contributed by atoms with E-state index in [0.717, 1.165) is 38.6 Å². The second kappa shape index (κ2) is 9.65. The lowest BCUT2D eigenvalue weighted by molar-refractivity contribution is 0.0334. The zero-order valence-electron chi connectivity index (χ0n) is 18.3. The predicted octanol–water partition coefficient (Wildman–Crippen LogP) is 5.57. The maximum atomic E-state index is 11.7. The van der Waals surface area contributed by atoms with E-state index in [-0.39, 0.29) is 18.8 Å². The molecule has 32 heavy (non-hydrogen) atoms. The van der Waals surface area contributed by atoms with Crippen LogP contribution in [0.1, 0.15) is 55.5 Å². The minimum Gasteiger partial charge on any atom is -0.434 e. The second-order valence-corrected chi connectivity index (χ2v) is 8.79. The molecule has 0 unspecified atom stereocenters. The lowest BCUT2D eigenvalue weighted by Crippen LogP contribution is -2.14. The van der Waals surface area contributed by atoms with Gasteiger partial charge in [0.25, 0.3) is 0 Å². The van der Waals surface area contributed by atoms with Gasteiger partial charge in [-0.1, -0.05) is 22.0 Å². The van der Waals surface area contributed by atoms with Crippen LogP contribution in [-0.4, -0.2) is 39.1 Å². The molecule has 8 heteroatoms. The number of imidazole rings is 1. The molecule has 1 atom stereocenters. The smallest absolute Gasteiger partial charge is 0.434 e. The van der Waals surface area contributed by atoms with Crippen LogP contribution in [0, 0.1) is 6.92 Å². The molecule has 1 aliphatic rings. The number of carbonyl (C=O) groups excluding carboxylic acids is 1. The Morgan fingerprint density at radius 3 is 2.81 bits per heavy atom.